The van der Waals surface area contributed by atoms with E-state index >= 15 is 0 Å². The van der Waals surface area contributed by atoms with Crippen molar-refractivity contribution >= 4 is 5.91 Å². The highest BCUT2D eigenvalue weighted by atomic mass is 16.2. The van der Waals surface area contributed by atoms with Gasteiger partial charge in [0.25, 0.3) is 0 Å². The fourth-order valence-electron chi connectivity index (χ4n) is 2.17. The minimum atomic E-state index is 0.183. The molecule has 1 fully saturated rings. The fourth-order valence-corrected chi connectivity index (χ4v) is 2.17. The number of nitrogens with zero attached hydrogens (tertiary/aromatic N) is 1. The first-order chi connectivity index (χ1) is 7.06. The van der Waals surface area contributed by atoms with Crippen LogP contribution >= 0.6 is 0 Å². The molecule has 3 heteroatoms. The lowest BCUT2D eigenvalue weighted by atomic mass is 10.0. The zero-order chi connectivity index (χ0) is 11.4. The van der Waals surface area contributed by atoms with Gasteiger partial charge in [-0.15, -0.1) is 0 Å². The van der Waals surface area contributed by atoms with E-state index in [4.69, 9.17) is 0 Å². The van der Waals surface area contributed by atoms with Gasteiger partial charge in [-0.25, -0.2) is 0 Å². The number of nitrogens with one attached hydrogen (secondary N) is 1. The van der Waals surface area contributed by atoms with E-state index in [2.05, 4.69) is 26.1 Å². The van der Waals surface area contributed by atoms with Crippen LogP contribution in [0.5, 0.6) is 0 Å². The molecule has 0 aromatic rings. The Morgan fingerprint density at radius 1 is 1.53 bits per heavy atom. The van der Waals surface area contributed by atoms with Crippen LogP contribution in [0.15, 0.2) is 0 Å². The average molecular weight is 212 g/mol. The van der Waals surface area contributed by atoms with Crippen LogP contribution in [-0.4, -0.2) is 36.0 Å². The van der Waals surface area contributed by atoms with Gasteiger partial charge in [-0.05, 0) is 20.3 Å². The molecule has 1 N–H and O–H groups in total. The number of amides is 1. The summed E-state index contributed by atoms with van der Waals surface area (Å²) >= 11 is 0. The summed E-state index contributed by atoms with van der Waals surface area (Å²) in [5.74, 6) is 0.514. The summed E-state index contributed by atoms with van der Waals surface area (Å²) in [6.45, 7) is 10.2. The molecule has 0 aliphatic carbocycles. The Kier molecular flexibility index (Phi) is 4.58. The molecule has 0 bridgehead atoms. The number of hydrogen-bond acceptors (Lipinski definition) is 2. The Morgan fingerprint density at radius 3 is 2.80 bits per heavy atom. The maximum absolute atomic E-state index is 12.1. The molecule has 1 saturated heterocycles. The molecule has 0 radical (unpaired) electrons. The Labute approximate surface area is 93.2 Å². The van der Waals surface area contributed by atoms with Crippen LogP contribution in [0.3, 0.4) is 0 Å². The van der Waals surface area contributed by atoms with E-state index in [0.717, 1.165) is 25.9 Å². The molecular weight excluding hydrogens is 188 g/mol. The Hall–Kier alpha value is -0.570. The van der Waals surface area contributed by atoms with Crippen molar-refractivity contribution in [3.05, 3.63) is 0 Å². The minimum Gasteiger partial charge on any atom is -0.337 e. The summed E-state index contributed by atoms with van der Waals surface area (Å²) in [4.78, 5) is 14.2. The van der Waals surface area contributed by atoms with Gasteiger partial charge in [-0.1, -0.05) is 20.3 Å². The molecule has 3 unspecified atom stereocenters. The quantitative estimate of drug-likeness (QED) is 0.771. The van der Waals surface area contributed by atoms with Crippen molar-refractivity contribution in [2.45, 2.75) is 52.6 Å². The first-order valence-corrected chi connectivity index (χ1v) is 6.10. The van der Waals surface area contributed by atoms with Gasteiger partial charge in [-0.2, -0.15) is 0 Å². The summed E-state index contributed by atoms with van der Waals surface area (Å²) in [7, 11) is 0. The molecular formula is C12H24N2O. The van der Waals surface area contributed by atoms with E-state index in [9.17, 15) is 4.79 Å². The second-order valence-electron chi connectivity index (χ2n) is 4.84. The highest BCUT2D eigenvalue weighted by Gasteiger charge is 2.28. The maximum Gasteiger partial charge on any atom is 0.225 e. The molecule has 3 nitrogen and oxygen atoms in total. The van der Waals surface area contributed by atoms with Gasteiger partial charge < -0.3 is 10.2 Å². The van der Waals surface area contributed by atoms with Gasteiger partial charge in [0.05, 0.1) is 0 Å². The molecule has 1 rings (SSSR count). The topological polar surface area (TPSA) is 32.3 Å². The van der Waals surface area contributed by atoms with Crippen LogP contribution in [0.4, 0.5) is 0 Å². The van der Waals surface area contributed by atoms with Gasteiger partial charge in [-0.3, -0.25) is 4.79 Å². The molecule has 0 aromatic heterocycles. The van der Waals surface area contributed by atoms with Crippen molar-refractivity contribution < 1.29 is 4.79 Å². The lowest BCUT2D eigenvalue weighted by Crippen LogP contribution is -2.57. The summed E-state index contributed by atoms with van der Waals surface area (Å²) in [5.41, 5.74) is 0. The van der Waals surface area contributed by atoms with Crippen molar-refractivity contribution in [1.29, 1.82) is 0 Å². The summed E-state index contributed by atoms with van der Waals surface area (Å²) < 4.78 is 0. The highest BCUT2D eigenvalue weighted by Crippen LogP contribution is 2.14. The molecule has 15 heavy (non-hydrogen) atoms. The number of carbonyl (C=O) groups is 1. The molecule has 1 aliphatic heterocycles. The predicted octanol–water partition coefficient (Wildman–Crippen LogP) is 1.63. The lowest BCUT2D eigenvalue weighted by molar-refractivity contribution is -0.138. The van der Waals surface area contributed by atoms with Crippen LogP contribution < -0.4 is 5.32 Å². The number of carbonyl (C=O) groups excluding carboxylic acids is 1. The smallest absolute Gasteiger partial charge is 0.225 e. The second kappa shape index (κ2) is 5.50. The maximum atomic E-state index is 12.1. The SMILES string of the molecule is CCCC(C)C(=O)N1CC(C)NCC1C. The van der Waals surface area contributed by atoms with Crippen molar-refractivity contribution in [3.8, 4) is 0 Å². The normalized spacial score (nSPS) is 28.9. The van der Waals surface area contributed by atoms with E-state index in [1.807, 2.05) is 11.8 Å². The molecule has 0 aromatic carbocycles. The predicted molar refractivity (Wildman–Crippen MR) is 62.7 cm³/mol. The van der Waals surface area contributed by atoms with E-state index in [1.54, 1.807) is 0 Å². The highest BCUT2D eigenvalue weighted by molar-refractivity contribution is 5.79. The average Bonchev–Trinajstić information content (AvgIpc) is 2.21. The van der Waals surface area contributed by atoms with Crippen LogP contribution in [-0.2, 0) is 4.79 Å². The largest absolute Gasteiger partial charge is 0.337 e. The van der Waals surface area contributed by atoms with Crippen molar-refractivity contribution in [2.75, 3.05) is 13.1 Å². The lowest BCUT2D eigenvalue weighted by Gasteiger charge is -2.39. The molecule has 1 aliphatic rings. The molecule has 1 amide bonds. The van der Waals surface area contributed by atoms with Crippen LogP contribution in [0.1, 0.15) is 40.5 Å². The minimum absolute atomic E-state index is 0.183. The first-order valence-electron chi connectivity index (χ1n) is 6.10. The van der Waals surface area contributed by atoms with Gasteiger partial charge in [0, 0.05) is 31.1 Å². The van der Waals surface area contributed by atoms with Crippen molar-refractivity contribution in [3.63, 3.8) is 0 Å². The van der Waals surface area contributed by atoms with E-state index in [1.165, 1.54) is 0 Å². The third-order valence-electron chi connectivity index (χ3n) is 3.19. The Bertz CT molecular complexity index is 218. The van der Waals surface area contributed by atoms with Crippen LogP contribution in [0, 0.1) is 5.92 Å². The summed E-state index contributed by atoms with van der Waals surface area (Å²) in [6.07, 6.45) is 2.09. The summed E-state index contributed by atoms with van der Waals surface area (Å²) in [5, 5.41) is 3.39. The molecule has 88 valence electrons. The van der Waals surface area contributed by atoms with E-state index < -0.39 is 0 Å². The third-order valence-corrected chi connectivity index (χ3v) is 3.19. The van der Waals surface area contributed by atoms with Gasteiger partial charge in [0.1, 0.15) is 0 Å². The Balaban J connectivity index is 2.56. The zero-order valence-electron chi connectivity index (χ0n) is 10.4. The second-order valence-corrected chi connectivity index (χ2v) is 4.84. The van der Waals surface area contributed by atoms with Crippen LogP contribution in [0.2, 0.25) is 0 Å². The van der Waals surface area contributed by atoms with Crippen molar-refractivity contribution in [2.24, 2.45) is 5.92 Å². The standard InChI is InChI=1S/C12H24N2O/c1-5-6-9(2)12(15)14-8-10(3)13-7-11(14)4/h9-11,13H,5-8H2,1-4H3. The van der Waals surface area contributed by atoms with Gasteiger partial charge in [0.2, 0.25) is 5.91 Å². The first kappa shape index (κ1) is 12.5. The number of hydrogen-bond donors (Lipinski definition) is 1. The molecule has 0 saturated carbocycles. The van der Waals surface area contributed by atoms with Gasteiger partial charge in [0.15, 0.2) is 0 Å². The van der Waals surface area contributed by atoms with E-state index in [0.29, 0.717) is 18.0 Å². The van der Waals surface area contributed by atoms with Gasteiger partial charge >= 0.3 is 0 Å². The third kappa shape index (κ3) is 3.20. The van der Waals surface area contributed by atoms with E-state index in [-0.39, 0.29) is 5.92 Å². The summed E-state index contributed by atoms with van der Waals surface area (Å²) in [6, 6.07) is 0.770. The Morgan fingerprint density at radius 2 is 2.20 bits per heavy atom. The molecule has 0 spiro atoms. The molecule has 1 heterocycles. The zero-order valence-corrected chi connectivity index (χ0v) is 10.4. The monoisotopic (exact) mass is 212 g/mol. The number of rotatable bonds is 3. The fraction of sp³-hybridized carbons (Fsp3) is 0.917. The van der Waals surface area contributed by atoms with Crippen molar-refractivity contribution in [1.82, 2.24) is 10.2 Å². The van der Waals surface area contributed by atoms with Crippen LogP contribution in [0.25, 0.3) is 0 Å². The number of piperazine rings is 1. The molecule has 3 atom stereocenters.